The Kier molecular flexibility index (Phi) is 3.71. The molecule has 3 N–H and O–H groups in total. The first kappa shape index (κ1) is 12.4. The lowest BCUT2D eigenvalue weighted by Crippen LogP contribution is -2.36. The van der Waals surface area contributed by atoms with E-state index < -0.39 is 5.97 Å². The molecule has 2 aliphatic rings. The number of hydrogen-bond acceptors (Lipinski definition) is 2. The maximum atomic E-state index is 11.2. The second-order valence-electron chi connectivity index (χ2n) is 4.63. The van der Waals surface area contributed by atoms with Crippen molar-refractivity contribution < 1.29 is 14.7 Å². The van der Waals surface area contributed by atoms with Gasteiger partial charge in [-0.2, -0.15) is 10.5 Å². The maximum absolute atomic E-state index is 11.2. The lowest BCUT2D eigenvalue weighted by molar-refractivity contribution is -0.137. The number of rotatable bonds is 5. The second-order valence-corrected chi connectivity index (χ2v) is 6.65. The molecule has 0 aromatic rings. The van der Waals surface area contributed by atoms with Crippen molar-refractivity contribution >= 4 is 28.4 Å². The zero-order valence-electron chi connectivity index (χ0n) is 9.65. The zero-order chi connectivity index (χ0) is 12.4. The number of hydrogen-bond donors (Lipinski definition) is 3. The van der Waals surface area contributed by atoms with Crippen LogP contribution >= 0.6 is 10.5 Å². The highest BCUT2D eigenvalue weighted by Gasteiger charge is 2.43. The topological polar surface area (TPSA) is 78.4 Å². The Balaban J connectivity index is 1.81. The molecular formula is C11H18N2O3S. The van der Waals surface area contributed by atoms with E-state index in [0.717, 1.165) is 18.6 Å². The van der Waals surface area contributed by atoms with Gasteiger partial charge in [-0.15, -0.1) is 0 Å². The molecule has 0 aliphatic carbocycles. The van der Waals surface area contributed by atoms with E-state index >= 15 is 0 Å². The summed E-state index contributed by atoms with van der Waals surface area (Å²) in [7, 11) is 0.0768. The number of carboxylic acid groups (broad SMARTS) is 1. The fourth-order valence-corrected chi connectivity index (χ4v) is 4.75. The van der Waals surface area contributed by atoms with Crippen LogP contribution in [0.1, 0.15) is 25.7 Å². The molecule has 2 fully saturated rings. The average molecular weight is 258 g/mol. The molecule has 0 radical (unpaired) electrons. The minimum Gasteiger partial charge on any atom is -0.481 e. The molecule has 0 aromatic carbocycles. The summed E-state index contributed by atoms with van der Waals surface area (Å²) < 4.78 is 0. The van der Waals surface area contributed by atoms with E-state index in [2.05, 4.69) is 16.5 Å². The summed E-state index contributed by atoms with van der Waals surface area (Å²) in [6.07, 6.45) is 2.80. The van der Waals surface area contributed by atoms with Crippen molar-refractivity contribution in [2.75, 3.05) is 5.75 Å². The van der Waals surface area contributed by atoms with Crippen LogP contribution in [0.4, 0.5) is 4.79 Å². The van der Waals surface area contributed by atoms with Crippen molar-refractivity contribution in [3.05, 3.63) is 0 Å². The molecular weight excluding hydrogens is 240 g/mol. The van der Waals surface area contributed by atoms with Crippen LogP contribution in [0.3, 0.4) is 0 Å². The van der Waals surface area contributed by atoms with Gasteiger partial charge in [-0.05, 0) is 12.8 Å². The number of aliphatic carboxylic acids is 1. The smallest absolute Gasteiger partial charge is 0.315 e. The Morgan fingerprint density at radius 3 is 2.94 bits per heavy atom. The van der Waals surface area contributed by atoms with Gasteiger partial charge in [0.05, 0.1) is 12.1 Å². The zero-order valence-corrected chi connectivity index (χ0v) is 10.5. The van der Waals surface area contributed by atoms with Crippen molar-refractivity contribution in [3.63, 3.8) is 0 Å². The Morgan fingerprint density at radius 2 is 2.24 bits per heavy atom. The van der Waals surface area contributed by atoms with Crippen molar-refractivity contribution in [1.29, 1.82) is 0 Å². The van der Waals surface area contributed by atoms with E-state index in [-0.39, 0.29) is 35.0 Å². The quantitative estimate of drug-likeness (QED) is 0.387. The van der Waals surface area contributed by atoms with E-state index in [1.807, 2.05) is 0 Å². The number of carboxylic acids is 1. The molecule has 96 valence electrons. The van der Waals surface area contributed by atoms with Crippen LogP contribution in [0.5, 0.6) is 0 Å². The van der Waals surface area contributed by atoms with Crippen LogP contribution in [-0.4, -0.2) is 46.1 Å². The fraction of sp³-hybridized carbons (Fsp3) is 0.727. The van der Waals surface area contributed by atoms with E-state index in [4.69, 9.17) is 5.11 Å². The predicted molar refractivity (Wildman–Crippen MR) is 68.7 cm³/mol. The van der Waals surface area contributed by atoms with Crippen LogP contribution in [0.25, 0.3) is 0 Å². The van der Waals surface area contributed by atoms with Crippen molar-refractivity contribution in [2.24, 2.45) is 0 Å². The number of fused-ring (bicyclic) bond motifs is 1. The van der Waals surface area contributed by atoms with Crippen molar-refractivity contribution in [3.8, 4) is 0 Å². The monoisotopic (exact) mass is 258 g/mol. The molecule has 0 spiro atoms. The molecule has 0 aromatic heterocycles. The minimum atomic E-state index is -0.737. The first-order valence-electron chi connectivity index (χ1n) is 5.86. The van der Waals surface area contributed by atoms with E-state index in [9.17, 15) is 9.59 Å². The highest BCUT2D eigenvalue weighted by molar-refractivity contribution is 8.15. The predicted octanol–water partition coefficient (Wildman–Crippen LogP) is 0.764. The van der Waals surface area contributed by atoms with Crippen LogP contribution in [-0.2, 0) is 4.79 Å². The van der Waals surface area contributed by atoms with Crippen LogP contribution in [0.2, 0.25) is 0 Å². The summed E-state index contributed by atoms with van der Waals surface area (Å²) >= 11 is 0. The van der Waals surface area contributed by atoms with Gasteiger partial charge >= 0.3 is 12.0 Å². The molecule has 2 rings (SSSR count). The van der Waals surface area contributed by atoms with Gasteiger partial charge in [0.1, 0.15) is 0 Å². The van der Waals surface area contributed by atoms with Gasteiger partial charge in [-0.25, -0.2) is 4.79 Å². The third-order valence-corrected chi connectivity index (χ3v) is 5.57. The molecule has 0 saturated carbocycles. The fourth-order valence-electron chi connectivity index (χ4n) is 2.58. The highest BCUT2D eigenvalue weighted by atomic mass is 32.2. The summed E-state index contributed by atoms with van der Waals surface area (Å²) in [5.74, 6) is 4.37. The summed E-state index contributed by atoms with van der Waals surface area (Å²) in [6.45, 7) is 0. The Labute approximate surface area is 103 Å². The molecule has 2 amide bonds. The number of urea groups is 1. The molecule has 5 nitrogen and oxygen atoms in total. The summed E-state index contributed by atoms with van der Waals surface area (Å²) in [4.78, 5) is 21.6. The van der Waals surface area contributed by atoms with Gasteiger partial charge in [-0.1, -0.05) is 12.3 Å². The lowest BCUT2D eigenvalue weighted by Gasteiger charge is -2.18. The van der Waals surface area contributed by atoms with Crippen molar-refractivity contribution in [2.45, 2.75) is 43.0 Å². The third-order valence-electron chi connectivity index (χ3n) is 3.40. The van der Waals surface area contributed by atoms with E-state index in [1.165, 1.54) is 0 Å². The van der Waals surface area contributed by atoms with Crippen LogP contribution in [0.15, 0.2) is 0 Å². The van der Waals surface area contributed by atoms with Gasteiger partial charge in [0.25, 0.3) is 0 Å². The van der Waals surface area contributed by atoms with Crippen LogP contribution < -0.4 is 10.6 Å². The van der Waals surface area contributed by atoms with E-state index in [0.29, 0.717) is 11.7 Å². The SMILES string of the molecule is C=S1C[C@@H]2NC(=O)N[C@@H]2C1CCCCC(=O)O. The Morgan fingerprint density at radius 1 is 1.47 bits per heavy atom. The van der Waals surface area contributed by atoms with Gasteiger partial charge < -0.3 is 15.7 Å². The largest absolute Gasteiger partial charge is 0.481 e. The molecule has 2 aliphatic heterocycles. The normalized spacial score (nSPS) is 35.2. The van der Waals surface area contributed by atoms with E-state index in [1.54, 1.807) is 0 Å². The second kappa shape index (κ2) is 5.08. The van der Waals surface area contributed by atoms with Gasteiger partial charge in [-0.3, -0.25) is 4.79 Å². The van der Waals surface area contributed by atoms with Gasteiger partial charge in [0.15, 0.2) is 0 Å². The lowest BCUT2D eigenvalue weighted by atomic mass is 10.0. The van der Waals surface area contributed by atoms with Gasteiger partial charge in [0, 0.05) is 17.4 Å². The standard InChI is InChI=1S/C11H18N2O3S/c1-17-6-7-10(13-11(16)12-7)8(17)4-2-3-5-9(14)15/h7-8,10H,1-6H2,(H,14,15)(H2,12,13,16)/t7-,8?,10-,17?/m0/s1. The minimum absolute atomic E-state index is 0.0766. The molecule has 2 saturated heterocycles. The number of carbonyl (C=O) groups is 2. The maximum Gasteiger partial charge on any atom is 0.315 e. The summed E-state index contributed by atoms with van der Waals surface area (Å²) in [5.41, 5.74) is 0. The van der Waals surface area contributed by atoms with Gasteiger partial charge in [0.2, 0.25) is 0 Å². The average Bonchev–Trinajstić information content (AvgIpc) is 2.69. The first-order chi connectivity index (χ1) is 8.08. The number of carbonyl (C=O) groups excluding carboxylic acids is 1. The molecule has 0 bridgehead atoms. The molecule has 4 atom stereocenters. The summed E-state index contributed by atoms with van der Waals surface area (Å²) in [6, 6.07) is 0.355. The molecule has 2 heterocycles. The Hall–Kier alpha value is -1.04. The number of nitrogens with one attached hydrogen (secondary N) is 2. The molecule has 17 heavy (non-hydrogen) atoms. The third kappa shape index (κ3) is 2.80. The highest BCUT2D eigenvalue weighted by Crippen LogP contribution is 2.37. The number of amides is 2. The molecule has 6 heteroatoms. The Bertz CT molecular complexity index is 359. The molecule has 2 unspecified atom stereocenters. The van der Waals surface area contributed by atoms with Crippen LogP contribution in [0, 0.1) is 0 Å². The van der Waals surface area contributed by atoms with Crippen molar-refractivity contribution in [1.82, 2.24) is 10.6 Å². The summed E-state index contributed by atoms with van der Waals surface area (Å²) in [5, 5.41) is 14.8. The number of unbranched alkanes of at least 4 members (excludes halogenated alkanes) is 1. The first-order valence-corrected chi connectivity index (χ1v) is 7.49.